The third kappa shape index (κ3) is 7.63. The Bertz CT molecular complexity index is 1130. The standard InChI is InChI=1S/C8H6O7S.2C6H10N2/c9-7(10)5-2-1-4(16(13,14)15)3-6(5)8(11)12;2*1-3-8-5-4-7-6(8)2/h1-3H,(H,9,10)(H,11,12)(H,13,14,15);2*4-5H,3H2,1-2H3. The van der Waals surface area contributed by atoms with Crippen molar-refractivity contribution in [3.05, 3.63) is 65.8 Å². The van der Waals surface area contributed by atoms with Crippen LogP contribution in [0.4, 0.5) is 0 Å². The molecule has 174 valence electrons. The van der Waals surface area contributed by atoms with Crippen LogP contribution in [0.1, 0.15) is 46.2 Å². The Hall–Kier alpha value is -3.51. The number of aromatic amines is 2. The molecule has 0 aliphatic carbocycles. The molecule has 11 nitrogen and oxygen atoms in total. The van der Waals surface area contributed by atoms with Crippen molar-refractivity contribution in [2.75, 3.05) is 0 Å². The van der Waals surface area contributed by atoms with E-state index in [0.29, 0.717) is 12.1 Å². The highest BCUT2D eigenvalue weighted by molar-refractivity contribution is 7.85. The van der Waals surface area contributed by atoms with Gasteiger partial charge in [0.1, 0.15) is 24.8 Å². The lowest BCUT2D eigenvalue weighted by atomic mass is 10.1. The normalized spacial score (nSPS) is 10.4. The highest BCUT2D eigenvalue weighted by Gasteiger charge is 2.13. The van der Waals surface area contributed by atoms with Crippen molar-refractivity contribution in [1.29, 1.82) is 0 Å². The van der Waals surface area contributed by atoms with Gasteiger partial charge in [-0.2, -0.15) is 8.42 Å². The van der Waals surface area contributed by atoms with Crippen LogP contribution >= 0.6 is 0 Å². The van der Waals surface area contributed by atoms with Gasteiger partial charge < -0.3 is 19.8 Å². The van der Waals surface area contributed by atoms with E-state index in [1.807, 2.05) is 24.8 Å². The smallest absolute Gasteiger partial charge is 0.294 e. The number of carbonyl (C=O) groups is 2. The molecule has 0 radical (unpaired) electrons. The fraction of sp³-hybridized carbons (Fsp3) is 0.300. The van der Waals surface area contributed by atoms with Crippen molar-refractivity contribution in [2.24, 2.45) is 0 Å². The van der Waals surface area contributed by atoms with E-state index in [0.717, 1.165) is 19.2 Å². The van der Waals surface area contributed by atoms with Crippen LogP contribution in [0, 0.1) is 13.8 Å². The number of hydrogen-bond donors (Lipinski definition) is 3. The third-order valence-corrected chi connectivity index (χ3v) is 5.21. The van der Waals surface area contributed by atoms with Crippen molar-refractivity contribution in [2.45, 2.75) is 45.7 Å². The van der Waals surface area contributed by atoms with Gasteiger partial charge in [-0.05, 0) is 26.0 Å². The van der Waals surface area contributed by atoms with Crippen LogP contribution in [0.2, 0.25) is 0 Å². The first-order chi connectivity index (χ1) is 14.9. The molecule has 0 fully saturated rings. The first-order valence-corrected chi connectivity index (χ1v) is 11.0. The average molecular weight is 467 g/mol. The number of benzene rings is 1. The zero-order valence-corrected chi connectivity index (χ0v) is 19.0. The monoisotopic (exact) mass is 466 g/mol. The van der Waals surface area contributed by atoms with Gasteiger partial charge in [0.25, 0.3) is 21.8 Å². The second kappa shape index (κ2) is 11.8. The molecule has 1 aromatic carbocycles. The van der Waals surface area contributed by atoms with E-state index >= 15 is 0 Å². The zero-order chi connectivity index (χ0) is 24.5. The van der Waals surface area contributed by atoms with Crippen LogP contribution in [0.3, 0.4) is 0 Å². The molecule has 2 heterocycles. The number of imidazole rings is 2. The van der Waals surface area contributed by atoms with Gasteiger partial charge in [0.05, 0.1) is 29.9 Å². The number of aryl methyl sites for hydroxylation is 4. The van der Waals surface area contributed by atoms with Gasteiger partial charge >= 0.3 is 0 Å². The Morgan fingerprint density at radius 3 is 1.59 bits per heavy atom. The number of rotatable bonds is 5. The Labute approximate surface area is 185 Å². The number of aromatic nitrogens is 4. The van der Waals surface area contributed by atoms with E-state index in [1.54, 1.807) is 0 Å². The number of H-pyrrole nitrogens is 2. The lowest BCUT2D eigenvalue weighted by molar-refractivity contribution is -0.698. The molecule has 0 aliphatic heterocycles. The number of aromatic carboxylic acids is 2. The summed E-state index contributed by atoms with van der Waals surface area (Å²) >= 11 is 0. The molecule has 3 N–H and O–H groups in total. The summed E-state index contributed by atoms with van der Waals surface area (Å²) in [4.78, 5) is 26.4. The molecule has 3 aromatic rings. The molecular formula is C20H26N4O7S. The molecule has 0 amide bonds. The molecular weight excluding hydrogens is 440 g/mol. The first kappa shape index (κ1) is 26.5. The molecule has 0 bridgehead atoms. The number of carbonyl (C=O) groups excluding carboxylic acids is 2. The summed E-state index contributed by atoms with van der Waals surface area (Å²) in [7, 11) is -4.61. The van der Waals surface area contributed by atoms with E-state index in [2.05, 4.69) is 46.8 Å². The number of carboxylic acid groups (broad SMARTS) is 2. The second-order valence-corrected chi connectivity index (χ2v) is 7.84. The van der Waals surface area contributed by atoms with Crippen molar-refractivity contribution < 1.29 is 41.9 Å². The Kier molecular flexibility index (Phi) is 9.75. The molecule has 0 atom stereocenters. The van der Waals surface area contributed by atoms with Gasteiger partial charge in [0.15, 0.2) is 0 Å². The molecule has 0 saturated heterocycles. The van der Waals surface area contributed by atoms with Gasteiger partial charge in [-0.1, -0.05) is 6.07 Å². The van der Waals surface area contributed by atoms with Crippen molar-refractivity contribution >= 4 is 22.1 Å². The molecule has 0 unspecified atom stereocenters. The maximum absolute atomic E-state index is 10.7. The van der Waals surface area contributed by atoms with Crippen LogP contribution < -0.4 is 19.3 Å². The summed E-state index contributed by atoms with van der Waals surface area (Å²) in [5.41, 5.74) is -1.61. The Morgan fingerprint density at radius 2 is 1.34 bits per heavy atom. The van der Waals surface area contributed by atoms with Gasteiger partial charge in [0, 0.05) is 25.0 Å². The average Bonchev–Trinajstić information content (AvgIpc) is 3.34. The molecule has 0 spiro atoms. The molecule has 2 aromatic heterocycles. The number of carboxylic acids is 2. The fourth-order valence-electron chi connectivity index (χ4n) is 2.60. The summed E-state index contributed by atoms with van der Waals surface area (Å²) in [6, 6.07) is 1.92. The van der Waals surface area contributed by atoms with E-state index in [1.165, 1.54) is 11.6 Å². The van der Waals surface area contributed by atoms with Crippen LogP contribution in [-0.4, -0.2) is 34.9 Å². The summed E-state index contributed by atoms with van der Waals surface area (Å²) in [5.74, 6) is -1.24. The minimum absolute atomic E-state index is 0.482. The molecule has 0 saturated carbocycles. The largest absolute Gasteiger partial charge is 0.545 e. The van der Waals surface area contributed by atoms with E-state index in [-0.39, 0.29) is 0 Å². The van der Waals surface area contributed by atoms with E-state index < -0.39 is 38.1 Å². The lowest BCUT2D eigenvalue weighted by Gasteiger charge is -2.11. The maximum Gasteiger partial charge on any atom is 0.294 e. The number of hydrogen-bond acceptors (Lipinski definition) is 6. The molecule has 3 rings (SSSR count). The van der Waals surface area contributed by atoms with Crippen molar-refractivity contribution in [3.63, 3.8) is 0 Å². The van der Waals surface area contributed by atoms with Gasteiger partial charge in [-0.3, -0.25) is 4.55 Å². The topological polar surface area (TPSA) is 174 Å². The molecule has 32 heavy (non-hydrogen) atoms. The first-order valence-electron chi connectivity index (χ1n) is 9.53. The lowest BCUT2D eigenvalue weighted by Crippen LogP contribution is -2.32. The maximum atomic E-state index is 10.7. The minimum Gasteiger partial charge on any atom is -0.545 e. The van der Waals surface area contributed by atoms with Gasteiger partial charge in [-0.25, -0.2) is 19.1 Å². The summed E-state index contributed by atoms with van der Waals surface area (Å²) in [6.45, 7) is 10.5. The fourth-order valence-corrected chi connectivity index (χ4v) is 3.11. The third-order valence-electron chi connectivity index (χ3n) is 4.37. The molecule has 0 aliphatic rings. The molecule has 12 heteroatoms. The van der Waals surface area contributed by atoms with Crippen molar-refractivity contribution in [1.82, 2.24) is 9.97 Å². The van der Waals surface area contributed by atoms with Gasteiger partial charge in [0.2, 0.25) is 0 Å². The highest BCUT2D eigenvalue weighted by Crippen LogP contribution is 2.15. The van der Waals surface area contributed by atoms with Crippen LogP contribution in [0.25, 0.3) is 0 Å². The second-order valence-electron chi connectivity index (χ2n) is 6.42. The predicted octanol–water partition coefficient (Wildman–Crippen LogP) is -1.08. The van der Waals surface area contributed by atoms with E-state index in [4.69, 9.17) is 4.55 Å². The summed E-state index contributed by atoms with van der Waals surface area (Å²) in [6.07, 6.45) is 7.96. The summed E-state index contributed by atoms with van der Waals surface area (Å²) < 4.78 is 34.3. The Balaban J connectivity index is 0.000000267. The predicted molar refractivity (Wildman–Crippen MR) is 108 cm³/mol. The quantitative estimate of drug-likeness (QED) is 0.317. The van der Waals surface area contributed by atoms with Crippen LogP contribution in [-0.2, 0) is 23.2 Å². The van der Waals surface area contributed by atoms with Crippen molar-refractivity contribution in [3.8, 4) is 0 Å². The zero-order valence-electron chi connectivity index (χ0n) is 18.2. The Morgan fingerprint density at radius 1 is 0.906 bits per heavy atom. The van der Waals surface area contributed by atoms with E-state index in [9.17, 15) is 28.2 Å². The van der Waals surface area contributed by atoms with Crippen LogP contribution in [0.5, 0.6) is 0 Å². The summed E-state index contributed by atoms with van der Waals surface area (Å²) in [5, 5.41) is 21.0. The SMILES string of the molecule is CC[n+]1cc[nH]c1C.CC[n+]1cc[nH]c1C.O=C([O-])c1ccc(S(=O)(=O)O)cc1C(=O)[O-]. The number of nitrogens with zero attached hydrogens (tertiary/aromatic N) is 2. The van der Waals surface area contributed by atoms with Crippen LogP contribution in [0.15, 0.2) is 47.9 Å². The highest BCUT2D eigenvalue weighted by atomic mass is 32.2. The van der Waals surface area contributed by atoms with Gasteiger partial charge in [-0.15, -0.1) is 0 Å². The minimum atomic E-state index is -4.61. The number of nitrogens with one attached hydrogen (secondary N) is 2.